The molecule has 0 aliphatic heterocycles. The van der Waals surface area contributed by atoms with E-state index in [2.05, 4.69) is 37.2 Å². The van der Waals surface area contributed by atoms with Crippen LogP contribution in [0.4, 0.5) is 5.69 Å². The summed E-state index contributed by atoms with van der Waals surface area (Å²) in [6, 6.07) is 13.7. The highest BCUT2D eigenvalue weighted by Gasteiger charge is 2.02. The number of rotatable bonds is 6. The molecule has 0 radical (unpaired) electrons. The quantitative estimate of drug-likeness (QED) is 0.712. The van der Waals surface area contributed by atoms with Crippen LogP contribution in [-0.4, -0.2) is 20.3 Å². The van der Waals surface area contributed by atoms with Gasteiger partial charge in [0, 0.05) is 16.7 Å². The number of benzene rings is 2. The van der Waals surface area contributed by atoms with E-state index in [9.17, 15) is 0 Å². The van der Waals surface area contributed by atoms with Crippen molar-refractivity contribution >= 4 is 37.5 Å². The van der Waals surface area contributed by atoms with E-state index in [0.29, 0.717) is 6.61 Å². The van der Waals surface area contributed by atoms with Gasteiger partial charge < -0.3 is 14.8 Å². The van der Waals surface area contributed by atoms with Crippen molar-refractivity contribution in [3.63, 3.8) is 0 Å². The lowest BCUT2D eigenvalue weighted by atomic mass is 10.3. The molecule has 0 saturated heterocycles. The van der Waals surface area contributed by atoms with Gasteiger partial charge in [0.2, 0.25) is 0 Å². The Hall–Kier alpha value is -1.20. The SMILES string of the molecule is COc1ccc(OCCNc2ccc(Br)cc2)c(Br)c1. The predicted molar refractivity (Wildman–Crippen MR) is 88.8 cm³/mol. The first-order valence-corrected chi connectivity index (χ1v) is 7.73. The lowest BCUT2D eigenvalue weighted by molar-refractivity contribution is 0.329. The van der Waals surface area contributed by atoms with E-state index < -0.39 is 0 Å². The molecule has 2 rings (SSSR count). The van der Waals surface area contributed by atoms with Crippen LogP contribution in [0.25, 0.3) is 0 Å². The van der Waals surface area contributed by atoms with Gasteiger partial charge in [-0.15, -0.1) is 0 Å². The number of hydrogen-bond donors (Lipinski definition) is 1. The summed E-state index contributed by atoms with van der Waals surface area (Å²) in [6.07, 6.45) is 0. The molecule has 0 aliphatic carbocycles. The maximum absolute atomic E-state index is 5.71. The molecule has 0 bridgehead atoms. The van der Waals surface area contributed by atoms with E-state index >= 15 is 0 Å². The summed E-state index contributed by atoms with van der Waals surface area (Å²) in [6.45, 7) is 1.32. The Bertz CT molecular complexity index is 558. The molecule has 0 saturated carbocycles. The Balaban J connectivity index is 1.79. The zero-order valence-electron chi connectivity index (χ0n) is 11.0. The highest BCUT2D eigenvalue weighted by Crippen LogP contribution is 2.28. The molecule has 0 fully saturated rings. The molecule has 0 aromatic heterocycles. The number of hydrogen-bond acceptors (Lipinski definition) is 3. The fourth-order valence-corrected chi connectivity index (χ4v) is 2.39. The van der Waals surface area contributed by atoms with Gasteiger partial charge in [0.15, 0.2) is 0 Å². The highest BCUT2D eigenvalue weighted by molar-refractivity contribution is 9.10. The number of anilines is 1. The van der Waals surface area contributed by atoms with Gasteiger partial charge in [-0.3, -0.25) is 0 Å². The summed E-state index contributed by atoms with van der Waals surface area (Å²) >= 11 is 6.87. The van der Waals surface area contributed by atoms with Crippen molar-refractivity contribution in [3.05, 3.63) is 51.4 Å². The normalized spacial score (nSPS) is 10.2. The van der Waals surface area contributed by atoms with Crippen molar-refractivity contribution in [1.82, 2.24) is 0 Å². The van der Waals surface area contributed by atoms with Crippen LogP contribution in [0.3, 0.4) is 0 Å². The summed E-state index contributed by atoms with van der Waals surface area (Å²) in [5.41, 5.74) is 1.07. The Morgan fingerprint density at radius 2 is 1.80 bits per heavy atom. The Morgan fingerprint density at radius 3 is 2.45 bits per heavy atom. The molecule has 0 atom stereocenters. The average Bonchev–Trinajstić information content (AvgIpc) is 2.46. The van der Waals surface area contributed by atoms with Crippen molar-refractivity contribution in [2.24, 2.45) is 0 Å². The van der Waals surface area contributed by atoms with Crippen LogP contribution >= 0.6 is 31.9 Å². The van der Waals surface area contributed by atoms with Gasteiger partial charge in [-0.05, 0) is 58.4 Å². The average molecular weight is 401 g/mol. The third-order valence-corrected chi connectivity index (χ3v) is 3.82. The molecule has 0 amide bonds. The Kier molecular flexibility index (Phi) is 5.73. The maximum Gasteiger partial charge on any atom is 0.133 e. The van der Waals surface area contributed by atoms with E-state index in [4.69, 9.17) is 9.47 Å². The van der Waals surface area contributed by atoms with Gasteiger partial charge >= 0.3 is 0 Å². The largest absolute Gasteiger partial charge is 0.497 e. The zero-order chi connectivity index (χ0) is 14.4. The lowest BCUT2D eigenvalue weighted by Crippen LogP contribution is -2.11. The number of methoxy groups -OCH3 is 1. The third kappa shape index (κ3) is 4.42. The van der Waals surface area contributed by atoms with Crippen LogP contribution in [0, 0.1) is 0 Å². The number of halogens is 2. The topological polar surface area (TPSA) is 30.5 Å². The first-order valence-electron chi connectivity index (χ1n) is 6.15. The van der Waals surface area contributed by atoms with Crippen LogP contribution in [0.2, 0.25) is 0 Å². The molecule has 106 valence electrons. The highest BCUT2D eigenvalue weighted by atomic mass is 79.9. The molecular formula is C15H15Br2NO2. The maximum atomic E-state index is 5.71. The minimum absolute atomic E-state index is 0.584. The van der Waals surface area contributed by atoms with Crippen molar-refractivity contribution in [2.45, 2.75) is 0 Å². The second-order valence-corrected chi connectivity index (χ2v) is 5.85. The monoisotopic (exact) mass is 399 g/mol. The first kappa shape index (κ1) is 15.2. The summed E-state index contributed by atoms with van der Waals surface area (Å²) < 4.78 is 12.8. The fraction of sp³-hybridized carbons (Fsp3) is 0.200. The second kappa shape index (κ2) is 7.55. The smallest absolute Gasteiger partial charge is 0.133 e. The van der Waals surface area contributed by atoms with Crippen LogP contribution in [0.1, 0.15) is 0 Å². The molecule has 0 heterocycles. The Labute approximate surface area is 135 Å². The van der Waals surface area contributed by atoms with Gasteiger partial charge in [-0.2, -0.15) is 0 Å². The summed E-state index contributed by atoms with van der Waals surface area (Å²) in [5, 5.41) is 3.30. The first-order chi connectivity index (χ1) is 9.69. The minimum atomic E-state index is 0.584. The van der Waals surface area contributed by atoms with Crippen molar-refractivity contribution < 1.29 is 9.47 Å². The summed E-state index contributed by atoms with van der Waals surface area (Å²) in [7, 11) is 1.64. The molecule has 2 aromatic rings. The molecule has 0 spiro atoms. The zero-order valence-corrected chi connectivity index (χ0v) is 14.2. The molecule has 1 N–H and O–H groups in total. The number of ether oxygens (including phenoxy) is 2. The molecule has 20 heavy (non-hydrogen) atoms. The van der Waals surface area contributed by atoms with E-state index in [0.717, 1.165) is 32.7 Å². The van der Waals surface area contributed by atoms with Crippen molar-refractivity contribution in [3.8, 4) is 11.5 Å². The fourth-order valence-electron chi connectivity index (χ4n) is 1.65. The van der Waals surface area contributed by atoms with E-state index in [1.54, 1.807) is 7.11 Å². The molecule has 2 aromatic carbocycles. The van der Waals surface area contributed by atoms with E-state index in [1.165, 1.54) is 0 Å². The van der Waals surface area contributed by atoms with Gasteiger partial charge in [-0.1, -0.05) is 15.9 Å². The van der Waals surface area contributed by atoms with Crippen LogP contribution in [0.15, 0.2) is 51.4 Å². The van der Waals surface area contributed by atoms with E-state index in [-0.39, 0.29) is 0 Å². The Morgan fingerprint density at radius 1 is 1.05 bits per heavy atom. The van der Waals surface area contributed by atoms with Crippen LogP contribution in [-0.2, 0) is 0 Å². The van der Waals surface area contributed by atoms with E-state index in [1.807, 2.05) is 42.5 Å². The standard InChI is InChI=1S/C15H15Br2NO2/c1-19-13-6-7-15(14(17)10-13)20-9-8-18-12-4-2-11(16)3-5-12/h2-7,10,18H,8-9H2,1H3. The van der Waals surface area contributed by atoms with Gasteiger partial charge in [-0.25, -0.2) is 0 Å². The van der Waals surface area contributed by atoms with Crippen LogP contribution in [0.5, 0.6) is 11.5 Å². The molecule has 5 heteroatoms. The molecule has 3 nitrogen and oxygen atoms in total. The molecule has 0 unspecified atom stereocenters. The van der Waals surface area contributed by atoms with Crippen molar-refractivity contribution in [1.29, 1.82) is 0 Å². The lowest BCUT2D eigenvalue weighted by Gasteiger charge is -2.11. The number of nitrogens with one attached hydrogen (secondary N) is 1. The van der Waals surface area contributed by atoms with Crippen LogP contribution < -0.4 is 14.8 Å². The summed E-state index contributed by atoms with van der Waals surface area (Å²) in [4.78, 5) is 0. The second-order valence-electron chi connectivity index (χ2n) is 4.08. The summed E-state index contributed by atoms with van der Waals surface area (Å²) in [5.74, 6) is 1.61. The van der Waals surface area contributed by atoms with Gasteiger partial charge in [0.05, 0.1) is 11.6 Å². The third-order valence-electron chi connectivity index (χ3n) is 2.67. The molecular weight excluding hydrogens is 386 g/mol. The minimum Gasteiger partial charge on any atom is -0.497 e. The van der Waals surface area contributed by atoms with Gasteiger partial charge in [0.1, 0.15) is 18.1 Å². The molecule has 0 aliphatic rings. The predicted octanol–water partition coefficient (Wildman–Crippen LogP) is 4.71. The van der Waals surface area contributed by atoms with Gasteiger partial charge in [0.25, 0.3) is 0 Å². The van der Waals surface area contributed by atoms with Crippen molar-refractivity contribution in [2.75, 3.05) is 25.6 Å².